The average Bonchev–Trinajstić information content (AvgIpc) is 2.35. The minimum absolute atomic E-state index is 0.250. The lowest BCUT2D eigenvalue weighted by Crippen LogP contribution is -2.11. The predicted molar refractivity (Wildman–Crippen MR) is 88.2 cm³/mol. The number of ether oxygens (including phenoxy) is 1. The minimum Gasteiger partial charge on any atom is -0.436 e. The number of nitrogens with one attached hydrogen (secondary N) is 1. The van der Waals surface area contributed by atoms with Gasteiger partial charge in [0.05, 0.1) is 6.26 Å². The van der Waals surface area contributed by atoms with Gasteiger partial charge in [0.2, 0.25) is 15.9 Å². The predicted octanol–water partition coefficient (Wildman–Crippen LogP) is 3.48. The summed E-state index contributed by atoms with van der Waals surface area (Å²) in [7, 11) is -3.40. The van der Waals surface area contributed by atoms with Crippen LogP contribution in [0.4, 0.5) is 5.69 Å². The van der Waals surface area contributed by atoms with Crippen molar-refractivity contribution in [2.45, 2.75) is 27.7 Å². The number of rotatable bonds is 4. The molecule has 0 unspecified atom stereocenters. The van der Waals surface area contributed by atoms with Crippen LogP contribution in [0.25, 0.3) is 0 Å². The SMILES string of the molecule is Cc1cc(C)c(Oc2nc(C)ccc2NS(C)(=O)=O)c(C)c1. The summed E-state index contributed by atoms with van der Waals surface area (Å²) in [4.78, 5) is 4.31. The van der Waals surface area contributed by atoms with Crippen LogP contribution in [0, 0.1) is 27.7 Å². The van der Waals surface area contributed by atoms with Crippen molar-refractivity contribution in [2.24, 2.45) is 0 Å². The third-order valence-electron chi connectivity index (χ3n) is 3.10. The number of benzene rings is 1. The van der Waals surface area contributed by atoms with Crippen LogP contribution < -0.4 is 9.46 Å². The number of sulfonamides is 1. The lowest BCUT2D eigenvalue weighted by molar-refractivity contribution is 0.457. The molecule has 0 aliphatic rings. The quantitative estimate of drug-likeness (QED) is 0.936. The molecule has 1 aromatic carbocycles. The molecule has 118 valence electrons. The molecule has 2 aromatic rings. The first-order chi connectivity index (χ1) is 10.2. The van der Waals surface area contributed by atoms with E-state index in [1.807, 2.05) is 39.8 Å². The van der Waals surface area contributed by atoms with Gasteiger partial charge < -0.3 is 4.74 Å². The summed E-state index contributed by atoms with van der Waals surface area (Å²) in [6, 6.07) is 7.41. The van der Waals surface area contributed by atoms with Gasteiger partial charge in [0.1, 0.15) is 11.4 Å². The summed E-state index contributed by atoms with van der Waals surface area (Å²) in [6.45, 7) is 7.75. The fourth-order valence-electron chi connectivity index (χ4n) is 2.31. The van der Waals surface area contributed by atoms with Gasteiger partial charge in [-0.2, -0.15) is 0 Å². The molecule has 1 heterocycles. The molecule has 0 saturated heterocycles. The first-order valence-corrected chi connectivity index (χ1v) is 8.76. The number of hydrogen-bond acceptors (Lipinski definition) is 4. The third kappa shape index (κ3) is 3.98. The lowest BCUT2D eigenvalue weighted by Gasteiger charge is -2.15. The molecule has 0 radical (unpaired) electrons. The minimum atomic E-state index is -3.40. The summed E-state index contributed by atoms with van der Waals surface area (Å²) in [5.74, 6) is 0.945. The standard InChI is InChI=1S/C16H20N2O3S/c1-10-8-11(2)15(12(3)9-10)21-16-14(18-22(5,19)20)7-6-13(4)17-16/h6-9,18H,1-5H3. The third-order valence-corrected chi connectivity index (χ3v) is 3.69. The molecular formula is C16H20N2O3S. The Bertz CT molecular complexity index is 791. The van der Waals surface area contributed by atoms with E-state index in [-0.39, 0.29) is 5.88 Å². The number of aromatic nitrogens is 1. The maximum atomic E-state index is 11.5. The molecule has 0 atom stereocenters. The summed E-state index contributed by atoms with van der Waals surface area (Å²) in [6.07, 6.45) is 1.10. The molecule has 0 saturated carbocycles. The van der Waals surface area contributed by atoms with Crippen molar-refractivity contribution in [3.8, 4) is 11.6 Å². The van der Waals surface area contributed by atoms with Crippen molar-refractivity contribution >= 4 is 15.7 Å². The van der Waals surface area contributed by atoms with Gasteiger partial charge in [-0.3, -0.25) is 4.72 Å². The smallest absolute Gasteiger partial charge is 0.244 e. The highest BCUT2D eigenvalue weighted by atomic mass is 32.2. The van der Waals surface area contributed by atoms with Gasteiger partial charge in [-0.05, 0) is 51.0 Å². The van der Waals surface area contributed by atoms with Crippen LogP contribution in [0.3, 0.4) is 0 Å². The fourth-order valence-corrected chi connectivity index (χ4v) is 2.87. The number of aryl methyl sites for hydroxylation is 4. The Balaban J connectivity index is 2.47. The van der Waals surface area contributed by atoms with Gasteiger partial charge >= 0.3 is 0 Å². The molecule has 0 aliphatic heterocycles. The van der Waals surface area contributed by atoms with Gasteiger partial charge in [0.15, 0.2) is 0 Å². The average molecular weight is 320 g/mol. The van der Waals surface area contributed by atoms with Crippen LogP contribution in [0.15, 0.2) is 24.3 Å². The Kier molecular flexibility index (Phi) is 4.42. The zero-order chi connectivity index (χ0) is 16.5. The summed E-state index contributed by atoms with van der Waals surface area (Å²) in [5, 5.41) is 0. The van der Waals surface area contributed by atoms with Crippen LogP contribution in [0.2, 0.25) is 0 Å². The van der Waals surface area contributed by atoms with Crippen molar-refractivity contribution in [1.29, 1.82) is 0 Å². The second-order valence-electron chi connectivity index (χ2n) is 5.51. The first kappa shape index (κ1) is 16.3. The second-order valence-corrected chi connectivity index (χ2v) is 7.26. The maximum Gasteiger partial charge on any atom is 0.244 e. The van der Waals surface area contributed by atoms with Crippen molar-refractivity contribution < 1.29 is 13.2 Å². The zero-order valence-electron chi connectivity index (χ0n) is 13.4. The molecule has 2 rings (SSSR count). The van der Waals surface area contributed by atoms with Crippen LogP contribution in [-0.4, -0.2) is 19.7 Å². The Morgan fingerprint density at radius 3 is 2.18 bits per heavy atom. The lowest BCUT2D eigenvalue weighted by atomic mass is 10.1. The highest BCUT2D eigenvalue weighted by Crippen LogP contribution is 2.33. The van der Waals surface area contributed by atoms with Crippen LogP contribution in [0.5, 0.6) is 11.6 Å². The summed E-state index contributed by atoms with van der Waals surface area (Å²) < 4.78 is 31.3. The highest BCUT2D eigenvalue weighted by Gasteiger charge is 2.14. The van der Waals surface area contributed by atoms with E-state index in [1.165, 1.54) is 0 Å². The van der Waals surface area contributed by atoms with Crippen molar-refractivity contribution in [3.05, 3.63) is 46.6 Å². The molecule has 0 bridgehead atoms. The molecule has 0 spiro atoms. The topological polar surface area (TPSA) is 68.3 Å². The van der Waals surface area contributed by atoms with Gasteiger partial charge in [-0.1, -0.05) is 17.7 Å². The number of nitrogens with zero attached hydrogens (tertiary/aromatic N) is 1. The molecule has 22 heavy (non-hydrogen) atoms. The van der Waals surface area contributed by atoms with Crippen LogP contribution in [0.1, 0.15) is 22.4 Å². The molecule has 6 heteroatoms. The Labute approximate surface area is 131 Å². The molecule has 0 fully saturated rings. The van der Waals surface area contributed by atoms with Crippen molar-refractivity contribution in [1.82, 2.24) is 4.98 Å². The van der Waals surface area contributed by atoms with E-state index in [2.05, 4.69) is 9.71 Å². The van der Waals surface area contributed by atoms with Crippen molar-refractivity contribution in [2.75, 3.05) is 11.0 Å². The van der Waals surface area contributed by atoms with E-state index in [0.29, 0.717) is 11.4 Å². The normalized spacial score (nSPS) is 11.3. The van der Waals surface area contributed by atoms with Gasteiger partial charge in [-0.25, -0.2) is 13.4 Å². The molecule has 1 aromatic heterocycles. The molecule has 0 amide bonds. The van der Waals surface area contributed by atoms with Crippen molar-refractivity contribution in [3.63, 3.8) is 0 Å². The summed E-state index contributed by atoms with van der Waals surface area (Å²) in [5.41, 5.74) is 4.18. The second kappa shape index (κ2) is 5.96. The largest absolute Gasteiger partial charge is 0.436 e. The van der Waals surface area contributed by atoms with Crippen LogP contribution >= 0.6 is 0 Å². The summed E-state index contributed by atoms with van der Waals surface area (Å²) >= 11 is 0. The van der Waals surface area contributed by atoms with E-state index < -0.39 is 10.0 Å². The van der Waals surface area contributed by atoms with E-state index >= 15 is 0 Å². The number of hydrogen-bond donors (Lipinski definition) is 1. The number of pyridine rings is 1. The number of anilines is 1. The van der Waals surface area contributed by atoms with E-state index in [9.17, 15) is 8.42 Å². The molecule has 1 N–H and O–H groups in total. The Morgan fingerprint density at radius 1 is 1.05 bits per heavy atom. The van der Waals surface area contributed by atoms with E-state index in [1.54, 1.807) is 12.1 Å². The van der Waals surface area contributed by atoms with Gasteiger partial charge in [0.25, 0.3) is 0 Å². The Morgan fingerprint density at radius 2 is 1.64 bits per heavy atom. The fraction of sp³-hybridized carbons (Fsp3) is 0.312. The maximum absolute atomic E-state index is 11.5. The zero-order valence-corrected chi connectivity index (χ0v) is 14.2. The molecule has 0 aliphatic carbocycles. The monoisotopic (exact) mass is 320 g/mol. The molecule has 5 nitrogen and oxygen atoms in total. The molecular weight excluding hydrogens is 300 g/mol. The van der Waals surface area contributed by atoms with E-state index in [4.69, 9.17) is 4.74 Å². The highest BCUT2D eigenvalue weighted by molar-refractivity contribution is 7.92. The van der Waals surface area contributed by atoms with Crippen LogP contribution in [-0.2, 0) is 10.0 Å². The Hall–Kier alpha value is -2.08. The van der Waals surface area contributed by atoms with Gasteiger partial charge in [0, 0.05) is 5.69 Å². The van der Waals surface area contributed by atoms with Gasteiger partial charge in [-0.15, -0.1) is 0 Å². The first-order valence-electron chi connectivity index (χ1n) is 6.87. The van der Waals surface area contributed by atoms with E-state index in [0.717, 1.165) is 28.6 Å².